The average molecular weight is 260 g/mol. The zero-order chi connectivity index (χ0) is 13.1. The van der Waals surface area contributed by atoms with E-state index < -0.39 is 16.4 Å². The van der Waals surface area contributed by atoms with Gasteiger partial charge in [-0.05, 0) is 18.6 Å². The Kier molecular flexibility index (Phi) is 4.36. The lowest BCUT2D eigenvalue weighted by atomic mass is 10.2. The molecule has 5 nitrogen and oxygen atoms in total. The Morgan fingerprint density at radius 3 is 2.18 bits per heavy atom. The van der Waals surface area contributed by atoms with Crippen molar-refractivity contribution in [3.63, 3.8) is 0 Å². The van der Waals surface area contributed by atoms with E-state index in [4.69, 9.17) is 14.6 Å². The minimum Gasteiger partial charge on any atom is -0.493 e. The lowest BCUT2D eigenvalue weighted by Crippen LogP contribution is -2.12. The molecule has 0 spiro atoms. The molecule has 1 aromatic carbocycles. The summed E-state index contributed by atoms with van der Waals surface area (Å²) in [4.78, 5) is 0.157. The number of aryl methyl sites for hydroxylation is 1. The number of aliphatic hydroxyl groups is 1. The number of rotatable bonds is 5. The van der Waals surface area contributed by atoms with Crippen molar-refractivity contribution in [1.82, 2.24) is 0 Å². The van der Waals surface area contributed by atoms with Gasteiger partial charge in [-0.15, -0.1) is 0 Å². The Morgan fingerprint density at radius 1 is 1.18 bits per heavy atom. The number of hydrogen-bond acceptors (Lipinski definition) is 5. The average Bonchev–Trinajstić information content (AvgIpc) is 2.28. The van der Waals surface area contributed by atoms with Crippen molar-refractivity contribution < 1.29 is 23.0 Å². The van der Waals surface area contributed by atoms with E-state index in [1.54, 1.807) is 13.0 Å². The van der Waals surface area contributed by atoms with Gasteiger partial charge in [0.15, 0.2) is 21.3 Å². The van der Waals surface area contributed by atoms with E-state index in [0.29, 0.717) is 17.1 Å². The zero-order valence-corrected chi connectivity index (χ0v) is 10.9. The summed E-state index contributed by atoms with van der Waals surface area (Å²) in [5.41, 5.74) is 0.566. The van der Waals surface area contributed by atoms with Crippen LogP contribution < -0.4 is 9.47 Å². The number of aliphatic hydroxyl groups excluding tert-OH is 1. The normalized spacial score (nSPS) is 11.3. The standard InChI is InChI=1S/C11H16O5S/c1-8-6-9(15-2)10(16-3)7-11(8)17(13,14)5-4-12/h6-7,12H,4-5H2,1-3H3. The number of hydrogen-bond donors (Lipinski definition) is 1. The largest absolute Gasteiger partial charge is 0.493 e. The van der Waals surface area contributed by atoms with E-state index in [-0.39, 0.29) is 10.6 Å². The van der Waals surface area contributed by atoms with Gasteiger partial charge in [-0.2, -0.15) is 0 Å². The van der Waals surface area contributed by atoms with Crippen LogP contribution in [0.4, 0.5) is 0 Å². The van der Waals surface area contributed by atoms with Crippen LogP contribution in [0.2, 0.25) is 0 Å². The molecule has 0 bridgehead atoms. The van der Waals surface area contributed by atoms with Crippen LogP contribution in [0.1, 0.15) is 5.56 Å². The van der Waals surface area contributed by atoms with Gasteiger partial charge in [0.05, 0.1) is 31.5 Å². The van der Waals surface area contributed by atoms with Gasteiger partial charge in [-0.1, -0.05) is 0 Å². The zero-order valence-electron chi connectivity index (χ0n) is 10.1. The highest BCUT2D eigenvalue weighted by atomic mass is 32.2. The van der Waals surface area contributed by atoms with Crippen molar-refractivity contribution in [3.05, 3.63) is 17.7 Å². The summed E-state index contributed by atoms with van der Waals surface area (Å²) < 4.78 is 33.9. The minimum absolute atomic E-state index is 0.157. The molecule has 96 valence electrons. The third-order valence-electron chi connectivity index (χ3n) is 2.38. The summed E-state index contributed by atoms with van der Waals surface area (Å²) in [5.74, 6) is 0.533. The van der Waals surface area contributed by atoms with E-state index in [1.807, 2.05) is 0 Å². The Labute approximate surface area is 101 Å². The van der Waals surface area contributed by atoms with Gasteiger partial charge in [0.1, 0.15) is 0 Å². The van der Waals surface area contributed by atoms with Crippen LogP contribution in [0.25, 0.3) is 0 Å². The topological polar surface area (TPSA) is 72.8 Å². The van der Waals surface area contributed by atoms with Crippen molar-refractivity contribution in [2.45, 2.75) is 11.8 Å². The van der Waals surface area contributed by atoms with Crippen molar-refractivity contribution in [2.75, 3.05) is 26.6 Å². The Hall–Kier alpha value is -1.27. The van der Waals surface area contributed by atoms with Gasteiger partial charge >= 0.3 is 0 Å². The highest BCUT2D eigenvalue weighted by molar-refractivity contribution is 7.91. The van der Waals surface area contributed by atoms with Crippen LogP contribution in [0.3, 0.4) is 0 Å². The predicted octanol–water partition coefficient (Wildman–Crippen LogP) is 0.778. The number of methoxy groups -OCH3 is 2. The van der Waals surface area contributed by atoms with Gasteiger partial charge in [0.25, 0.3) is 0 Å². The molecule has 0 heterocycles. The second-order valence-electron chi connectivity index (χ2n) is 3.52. The first-order valence-electron chi connectivity index (χ1n) is 5.02. The fourth-order valence-corrected chi connectivity index (χ4v) is 2.82. The summed E-state index contributed by atoms with van der Waals surface area (Å²) in [6.45, 7) is 1.27. The smallest absolute Gasteiger partial charge is 0.181 e. The molecule has 6 heteroatoms. The number of benzene rings is 1. The van der Waals surface area contributed by atoms with Crippen molar-refractivity contribution in [3.8, 4) is 11.5 Å². The van der Waals surface area contributed by atoms with Crippen LogP contribution in [-0.4, -0.2) is 40.1 Å². The molecule has 17 heavy (non-hydrogen) atoms. The monoisotopic (exact) mass is 260 g/mol. The van der Waals surface area contributed by atoms with Crippen LogP contribution >= 0.6 is 0 Å². The van der Waals surface area contributed by atoms with Gasteiger partial charge in [-0.25, -0.2) is 8.42 Å². The van der Waals surface area contributed by atoms with Gasteiger partial charge in [0.2, 0.25) is 0 Å². The van der Waals surface area contributed by atoms with Gasteiger partial charge < -0.3 is 14.6 Å². The van der Waals surface area contributed by atoms with Crippen LogP contribution in [-0.2, 0) is 9.84 Å². The first-order chi connectivity index (χ1) is 7.96. The van der Waals surface area contributed by atoms with E-state index >= 15 is 0 Å². The van der Waals surface area contributed by atoms with Crippen LogP contribution in [0.15, 0.2) is 17.0 Å². The van der Waals surface area contributed by atoms with Crippen molar-refractivity contribution in [1.29, 1.82) is 0 Å². The molecule has 1 rings (SSSR count). The third-order valence-corrected chi connectivity index (χ3v) is 4.21. The number of ether oxygens (including phenoxy) is 2. The SMILES string of the molecule is COc1cc(C)c(S(=O)(=O)CCO)cc1OC. The summed E-state index contributed by atoms with van der Waals surface area (Å²) in [6.07, 6.45) is 0. The molecular formula is C11H16O5S. The maximum absolute atomic E-state index is 11.9. The molecule has 1 aromatic rings. The maximum Gasteiger partial charge on any atom is 0.181 e. The Balaban J connectivity index is 3.36. The van der Waals surface area contributed by atoms with Crippen LogP contribution in [0.5, 0.6) is 11.5 Å². The molecule has 0 atom stereocenters. The highest BCUT2D eigenvalue weighted by Gasteiger charge is 2.19. The fraction of sp³-hybridized carbons (Fsp3) is 0.455. The summed E-state index contributed by atoms with van der Waals surface area (Å²) in [7, 11) is -0.559. The molecule has 0 amide bonds. The van der Waals surface area contributed by atoms with Gasteiger partial charge in [-0.3, -0.25) is 0 Å². The second kappa shape index (κ2) is 5.37. The number of sulfone groups is 1. The fourth-order valence-electron chi connectivity index (χ4n) is 1.53. The molecule has 0 aliphatic rings. The summed E-state index contributed by atoms with van der Waals surface area (Å²) in [6, 6.07) is 3.02. The molecule has 0 aromatic heterocycles. The van der Waals surface area contributed by atoms with E-state index in [2.05, 4.69) is 0 Å². The Bertz CT molecular complexity index is 493. The molecule has 0 saturated carbocycles. The molecule has 0 aliphatic carbocycles. The third kappa shape index (κ3) is 2.89. The highest BCUT2D eigenvalue weighted by Crippen LogP contribution is 2.32. The molecule has 0 unspecified atom stereocenters. The maximum atomic E-state index is 11.9. The van der Waals surface area contributed by atoms with Crippen molar-refractivity contribution in [2.24, 2.45) is 0 Å². The summed E-state index contributed by atoms with van der Waals surface area (Å²) >= 11 is 0. The molecule has 0 radical (unpaired) electrons. The molecule has 0 saturated heterocycles. The predicted molar refractivity (Wildman–Crippen MR) is 63.4 cm³/mol. The van der Waals surface area contributed by atoms with E-state index in [1.165, 1.54) is 20.3 Å². The molecule has 0 fully saturated rings. The Morgan fingerprint density at radius 2 is 1.71 bits per heavy atom. The van der Waals surface area contributed by atoms with Crippen LogP contribution in [0, 0.1) is 6.92 Å². The minimum atomic E-state index is -3.48. The quantitative estimate of drug-likeness (QED) is 0.847. The molecule has 1 N–H and O–H groups in total. The van der Waals surface area contributed by atoms with Gasteiger partial charge in [0, 0.05) is 6.07 Å². The lowest BCUT2D eigenvalue weighted by molar-refractivity contribution is 0.319. The molecule has 0 aliphatic heterocycles. The second-order valence-corrected chi connectivity index (χ2v) is 5.59. The van der Waals surface area contributed by atoms with E-state index in [0.717, 1.165) is 0 Å². The lowest BCUT2D eigenvalue weighted by Gasteiger charge is -2.12. The van der Waals surface area contributed by atoms with Crippen molar-refractivity contribution >= 4 is 9.84 Å². The molecular weight excluding hydrogens is 244 g/mol. The van der Waals surface area contributed by atoms with E-state index in [9.17, 15) is 8.42 Å². The summed E-state index contributed by atoms with van der Waals surface area (Å²) in [5, 5.41) is 8.75. The first-order valence-corrected chi connectivity index (χ1v) is 6.67. The first kappa shape index (κ1) is 13.8.